The number of esters is 1. The first-order chi connectivity index (χ1) is 33.9. The van der Waals surface area contributed by atoms with E-state index in [1.807, 2.05) is 109 Å². The summed E-state index contributed by atoms with van der Waals surface area (Å²) in [6.45, 7) is 14.3. The fourth-order valence-corrected chi connectivity index (χ4v) is 10.6. The van der Waals surface area contributed by atoms with E-state index in [1.165, 1.54) is 4.90 Å². The third-order valence-electron chi connectivity index (χ3n) is 13.6. The molecule has 2 aromatic heterocycles. The maximum atomic E-state index is 14.0. The Morgan fingerprint density at radius 2 is 1.52 bits per heavy atom. The van der Waals surface area contributed by atoms with Crippen LogP contribution in [0, 0.1) is 12.3 Å². The third-order valence-corrected chi connectivity index (χ3v) is 14.6. The number of fused-ring (bicyclic) bond motifs is 1. The van der Waals surface area contributed by atoms with Gasteiger partial charge in [-0.05, 0) is 106 Å². The predicted octanol–water partition coefficient (Wildman–Crippen LogP) is 11.0. The number of aliphatic hydroxyl groups is 1. The Morgan fingerprint density at radius 1 is 0.831 bits per heavy atom. The number of aromatic nitrogens is 3. The maximum Gasteiger partial charge on any atom is 0.338 e. The lowest BCUT2D eigenvalue weighted by molar-refractivity contribution is -0.144. The lowest BCUT2D eigenvalue weighted by atomic mass is 9.85. The Labute approximate surface area is 424 Å². The summed E-state index contributed by atoms with van der Waals surface area (Å²) < 4.78 is 11.9. The summed E-state index contributed by atoms with van der Waals surface area (Å²) in [7, 11) is 0. The summed E-state index contributed by atoms with van der Waals surface area (Å²) in [6.07, 6.45) is 13.6. The smallest absolute Gasteiger partial charge is 0.338 e. The molecular weight excluding hydrogens is 913 g/mol. The molecule has 0 radical (unpaired) electrons. The number of rotatable bonds is 21. The number of ether oxygens (including phenoxy) is 2. The number of likely N-dealkylation sites (tertiary alicyclic amines) is 1. The van der Waals surface area contributed by atoms with E-state index in [-0.39, 0.29) is 43.2 Å². The molecule has 1 saturated heterocycles. The molecule has 3 atom stereocenters. The number of hydrogen-bond donors (Lipinski definition) is 3. The van der Waals surface area contributed by atoms with Gasteiger partial charge in [-0.25, -0.2) is 19.7 Å². The zero-order chi connectivity index (χ0) is 50.7. The molecule has 13 nitrogen and oxygen atoms in total. The summed E-state index contributed by atoms with van der Waals surface area (Å²) in [5.41, 5.74) is 7.88. The summed E-state index contributed by atoms with van der Waals surface area (Å²) >= 11 is 1.59. The number of thiazole rings is 1. The first-order valence-corrected chi connectivity index (χ1v) is 26.6. The predicted molar refractivity (Wildman–Crippen MR) is 280 cm³/mol. The second kappa shape index (κ2) is 24.1. The molecule has 3 N–H and O–H groups in total. The Kier molecular flexibility index (Phi) is 18.0. The summed E-state index contributed by atoms with van der Waals surface area (Å²) in [5, 5.41) is 17.5. The van der Waals surface area contributed by atoms with Crippen molar-refractivity contribution in [2.75, 3.05) is 13.2 Å². The quantitative estimate of drug-likeness (QED) is 0.0474. The van der Waals surface area contributed by atoms with E-state index < -0.39 is 29.2 Å². The van der Waals surface area contributed by atoms with Gasteiger partial charge in [-0.1, -0.05) is 102 Å². The van der Waals surface area contributed by atoms with Gasteiger partial charge in [0.25, 0.3) is 0 Å². The highest BCUT2D eigenvalue weighted by Crippen LogP contribution is 2.39. The minimum Gasteiger partial charge on any atom is -0.494 e. The fourth-order valence-electron chi connectivity index (χ4n) is 9.81. The number of carbonyl (C=O) groups excluding carboxylic acids is 4. The first-order valence-electron chi connectivity index (χ1n) is 25.8. The SMILES string of the molecule is Cc1ncsc1-c1ccc(CNC(=O)[C@@H]2C[C@@H](O)CN2C(=O)[C@@H](NC(=O)CCCCCCCCCCOc2ccc3c(-c4ccc(C(=O)OC(C)(C)C)c(C5CCCC5)c4)ncnc3c2)C(C)(C)C)cc1. The van der Waals surface area contributed by atoms with Crippen LogP contribution in [0.2, 0.25) is 0 Å². The molecule has 0 unspecified atom stereocenters. The van der Waals surface area contributed by atoms with Crippen LogP contribution in [0.15, 0.2) is 72.5 Å². The van der Waals surface area contributed by atoms with E-state index in [1.54, 1.807) is 17.7 Å². The van der Waals surface area contributed by atoms with Gasteiger partial charge in [-0.3, -0.25) is 14.4 Å². The number of carbonyl (C=O) groups is 4. The van der Waals surface area contributed by atoms with Gasteiger partial charge >= 0.3 is 5.97 Å². The Morgan fingerprint density at radius 3 is 2.20 bits per heavy atom. The van der Waals surface area contributed by atoms with Gasteiger partial charge in [-0.15, -0.1) is 11.3 Å². The number of benzene rings is 3. The number of aliphatic hydroxyl groups excluding tert-OH is 1. The zero-order valence-electron chi connectivity index (χ0n) is 42.9. The number of nitrogens with zero attached hydrogens (tertiary/aromatic N) is 4. The topological polar surface area (TPSA) is 173 Å². The molecule has 0 spiro atoms. The molecule has 1 aliphatic heterocycles. The number of β-amino-alcohol motifs (C(OH)–C–C–N with tert-alkyl or cyclic N) is 1. The lowest BCUT2D eigenvalue weighted by Gasteiger charge is -2.35. The van der Waals surface area contributed by atoms with Crippen molar-refractivity contribution in [2.24, 2.45) is 5.41 Å². The van der Waals surface area contributed by atoms with Crippen molar-refractivity contribution in [2.45, 2.75) is 175 Å². The van der Waals surface area contributed by atoms with Crippen LogP contribution in [-0.2, 0) is 25.7 Å². The molecular formula is C57H74N6O7S. The molecule has 7 rings (SSSR count). The summed E-state index contributed by atoms with van der Waals surface area (Å²) in [5.74, 6) is -0.0525. The van der Waals surface area contributed by atoms with Crippen LogP contribution >= 0.6 is 11.3 Å². The molecule has 0 bridgehead atoms. The van der Waals surface area contributed by atoms with Crippen molar-refractivity contribution >= 4 is 45.9 Å². The normalized spacial score (nSPS) is 16.8. The van der Waals surface area contributed by atoms with Crippen LogP contribution in [0.25, 0.3) is 32.6 Å². The van der Waals surface area contributed by atoms with Gasteiger partial charge in [0.15, 0.2) is 0 Å². The number of aryl methyl sites for hydroxylation is 1. The molecule has 5 aromatic rings. The number of nitrogens with one attached hydrogen (secondary N) is 2. The molecule has 3 heterocycles. The molecule has 1 aliphatic carbocycles. The number of unbranched alkanes of at least 4 members (excludes halogenated alkanes) is 7. The van der Waals surface area contributed by atoms with E-state index >= 15 is 0 Å². The maximum absolute atomic E-state index is 14.0. The van der Waals surface area contributed by atoms with E-state index in [4.69, 9.17) is 9.47 Å². The highest BCUT2D eigenvalue weighted by atomic mass is 32.1. The summed E-state index contributed by atoms with van der Waals surface area (Å²) in [6, 6.07) is 18.3. The van der Waals surface area contributed by atoms with E-state index in [0.717, 1.165) is 132 Å². The lowest BCUT2D eigenvalue weighted by Crippen LogP contribution is -2.57. The van der Waals surface area contributed by atoms with Crippen LogP contribution < -0.4 is 15.4 Å². The van der Waals surface area contributed by atoms with Crippen molar-refractivity contribution in [3.05, 3.63) is 94.9 Å². The van der Waals surface area contributed by atoms with Crippen molar-refractivity contribution in [3.8, 4) is 27.4 Å². The molecule has 3 amide bonds. The third kappa shape index (κ3) is 14.5. The van der Waals surface area contributed by atoms with Crippen LogP contribution in [0.3, 0.4) is 0 Å². The van der Waals surface area contributed by atoms with Crippen molar-refractivity contribution in [3.63, 3.8) is 0 Å². The zero-order valence-corrected chi connectivity index (χ0v) is 43.7. The van der Waals surface area contributed by atoms with Crippen LogP contribution in [0.4, 0.5) is 0 Å². The van der Waals surface area contributed by atoms with Gasteiger partial charge in [0.05, 0.1) is 45.6 Å². The second-order valence-electron chi connectivity index (χ2n) is 21.6. The van der Waals surface area contributed by atoms with Gasteiger partial charge in [0, 0.05) is 42.9 Å². The van der Waals surface area contributed by atoms with Gasteiger partial charge in [-0.2, -0.15) is 0 Å². The van der Waals surface area contributed by atoms with Crippen LogP contribution in [0.1, 0.15) is 165 Å². The average Bonchev–Trinajstić information content (AvgIpc) is 4.12. The van der Waals surface area contributed by atoms with E-state index in [0.29, 0.717) is 24.5 Å². The Hall–Kier alpha value is -5.73. The number of hydrogen-bond acceptors (Lipinski definition) is 11. The van der Waals surface area contributed by atoms with Crippen LogP contribution in [0.5, 0.6) is 5.75 Å². The summed E-state index contributed by atoms with van der Waals surface area (Å²) in [4.78, 5) is 70.1. The molecule has 380 valence electrons. The van der Waals surface area contributed by atoms with E-state index in [2.05, 4.69) is 31.7 Å². The van der Waals surface area contributed by atoms with Crippen LogP contribution in [-0.4, -0.2) is 85.6 Å². The fraction of sp³-hybridized carbons (Fsp3) is 0.526. The minimum absolute atomic E-state index is 0.0375. The van der Waals surface area contributed by atoms with Gasteiger partial charge < -0.3 is 30.1 Å². The molecule has 3 aromatic carbocycles. The standard InChI is InChI=1S/C57H74N6O7S/c1-37-51(71-36-61-37)40-23-21-38(22-24-40)33-58-53(66)48-31-42(64)34-63(48)54(67)52(56(2,3)4)62-49(65)20-14-12-10-8-9-11-13-17-29-69-43-26-28-45-47(32-43)59-35-60-50(45)41-25-27-44(55(68)70-57(5,6)7)46(30-41)39-18-15-16-19-39/h21-28,30,32,35-36,39,42,48,52,64H,8-20,29,31,33-34H2,1-7H3,(H,58,66)(H,62,65)/t42-,48+,52-/m1/s1. The van der Waals surface area contributed by atoms with E-state index in [9.17, 15) is 24.3 Å². The van der Waals surface area contributed by atoms with Crippen molar-refractivity contribution in [1.29, 1.82) is 0 Å². The van der Waals surface area contributed by atoms with Gasteiger partial charge in [0.2, 0.25) is 17.7 Å². The largest absolute Gasteiger partial charge is 0.494 e. The minimum atomic E-state index is -0.844. The van der Waals surface area contributed by atoms with Gasteiger partial charge in [0.1, 0.15) is 29.8 Å². The van der Waals surface area contributed by atoms with Crippen molar-refractivity contribution in [1.82, 2.24) is 30.5 Å². The highest BCUT2D eigenvalue weighted by Gasteiger charge is 2.44. The Bertz CT molecular complexity index is 2610. The Balaban J connectivity index is 0.795. The molecule has 14 heteroatoms. The molecule has 1 saturated carbocycles. The average molecular weight is 987 g/mol. The molecule has 71 heavy (non-hydrogen) atoms. The monoisotopic (exact) mass is 987 g/mol. The second-order valence-corrected chi connectivity index (χ2v) is 22.4. The molecule has 2 aliphatic rings. The highest BCUT2D eigenvalue weighted by molar-refractivity contribution is 7.13. The number of amides is 3. The van der Waals surface area contributed by atoms with Crippen molar-refractivity contribution < 1.29 is 33.8 Å². The first kappa shape index (κ1) is 53.1. The molecule has 2 fully saturated rings.